The van der Waals surface area contributed by atoms with Crippen LogP contribution in [0.1, 0.15) is 26.2 Å². The molecular formula is C23H31N3O3. The maximum Gasteiger partial charge on any atom is 0.241 e. The van der Waals surface area contributed by atoms with E-state index >= 15 is 0 Å². The Balaban J connectivity index is 1.47. The Bertz CT molecular complexity index is 831. The van der Waals surface area contributed by atoms with E-state index in [1.807, 2.05) is 43.3 Å². The lowest BCUT2D eigenvalue weighted by atomic mass is 9.95. The van der Waals surface area contributed by atoms with Crippen LogP contribution in [0, 0.1) is 5.92 Å². The summed E-state index contributed by atoms with van der Waals surface area (Å²) in [5.74, 6) is 0.140. The molecule has 2 amide bonds. The zero-order chi connectivity index (χ0) is 20.6. The third-order valence-corrected chi connectivity index (χ3v) is 5.67. The Morgan fingerprint density at radius 3 is 2.59 bits per heavy atom. The molecule has 6 nitrogen and oxygen atoms in total. The molecule has 2 N–H and O–H groups in total. The molecule has 0 aromatic heterocycles. The lowest BCUT2D eigenvalue weighted by molar-refractivity contribution is -0.127. The Hall–Kier alpha value is -2.44. The third-order valence-electron chi connectivity index (χ3n) is 5.67. The van der Waals surface area contributed by atoms with Crippen LogP contribution < -0.4 is 10.6 Å². The number of rotatable bonds is 8. The molecule has 2 aromatic carbocycles. The average Bonchev–Trinajstić information content (AvgIpc) is 2.76. The minimum atomic E-state index is -0.229. The third kappa shape index (κ3) is 5.78. The predicted molar refractivity (Wildman–Crippen MR) is 116 cm³/mol. The van der Waals surface area contributed by atoms with Crippen LogP contribution in [0.4, 0.5) is 5.69 Å². The van der Waals surface area contributed by atoms with Crippen LogP contribution in [0.25, 0.3) is 10.8 Å². The van der Waals surface area contributed by atoms with Crippen molar-refractivity contribution in [2.24, 2.45) is 5.92 Å². The molecule has 2 aromatic rings. The second-order valence-electron chi connectivity index (χ2n) is 7.67. The largest absolute Gasteiger partial charge is 0.385 e. The predicted octanol–water partition coefficient (Wildman–Crippen LogP) is 3.03. The van der Waals surface area contributed by atoms with E-state index in [0.29, 0.717) is 13.2 Å². The van der Waals surface area contributed by atoms with Crippen LogP contribution in [0.5, 0.6) is 0 Å². The van der Waals surface area contributed by atoms with Gasteiger partial charge in [0, 0.05) is 31.9 Å². The fourth-order valence-electron chi connectivity index (χ4n) is 3.80. The van der Waals surface area contributed by atoms with E-state index in [4.69, 9.17) is 4.74 Å². The lowest BCUT2D eigenvalue weighted by Crippen LogP contribution is -2.48. The Labute approximate surface area is 172 Å². The first-order valence-electron chi connectivity index (χ1n) is 10.4. The number of likely N-dealkylation sites (tertiary alicyclic amines) is 1. The van der Waals surface area contributed by atoms with Gasteiger partial charge in [0.2, 0.25) is 11.8 Å². The number of carbonyl (C=O) groups is 2. The molecule has 0 radical (unpaired) electrons. The van der Waals surface area contributed by atoms with Gasteiger partial charge < -0.3 is 15.4 Å². The first kappa shape index (κ1) is 21.3. The zero-order valence-electron chi connectivity index (χ0n) is 17.3. The van der Waals surface area contributed by atoms with Crippen molar-refractivity contribution in [1.29, 1.82) is 0 Å². The fourth-order valence-corrected chi connectivity index (χ4v) is 3.80. The van der Waals surface area contributed by atoms with Crippen molar-refractivity contribution in [2.75, 3.05) is 38.7 Å². The molecule has 1 atom stereocenters. The minimum Gasteiger partial charge on any atom is -0.385 e. The second kappa shape index (κ2) is 10.4. The van der Waals surface area contributed by atoms with Gasteiger partial charge in [-0.1, -0.05) is 30.3 Å². The van der Waals surface area contributed by atoms with E-state index in [1.165, 1.54) is 0 Å². The number of amides is 2. The first-order valence-corrected chi connectivity index (χ1v) is 10.4. The Morgan fingerprint density at radius 2 is 1.86 bits per heavy atom. The van der Waals surface area contributed by atoms with Crippen molar-refractivity contribution < 1.29 is 14.3 Å². The molecule has 1 heterocycles. The van der Waals surface area contributed by atoms with Crippen LogP contribution in [-0.4, -0.2) is 56.1 Å². The Morgan fingerprint density at radius 1 is 1.14 bits per heavy atom. The highest BCUT2D eigenvalue weighted by molar-refractivity contribution is 5.97. The summed E-state index contributed by atoms with van der Waals surface area (Å²) in [7, 11) is 1.66. The van der Waals surface area contributed by atoms with Crippen LogP contribution in [0.3, 0.4) is 0 Å². The number of hydrogen-bond acceptors (Lipinski definition) is 4. The van der Waals surface area contributed by atoms with Gasteiger partial charge in [0.1, 0.15) is 0 Å². The van der Waals surface area contributed by atoms with Crippen molar-refractivity contribution >= 4 is 28.3 Å². The maximum absolute atomic E-state index is 12.7. The number of piperidine rings is 1. The molecule has 1 aliphatic heterocycles. The van der Waals surface area contributed by atoms with Crippen molar-refractivity contribution in [2.45, 2.75) is 32.2 Å². The summed E-state index contributed by atoms with van der Waals surface area (Å²) in [6, 6.07) is 13.8. The number of benzene rings is 2. The summed E-state index contributed by atoms with van der Waals surface area (Å²) in [4.78, 5) is 27.2. The summed E-state index contributed by atoms with van der Waals surface area (Å²) >= 11 is 0. The SMILES string of the molecule is COCCCNC(=O)C1CCN(C(C)C(=O)Nc2ccc3ccccc3c2)CC1. The van der Waals surface area contributed by atoms with Crippen LogP contribution >= 0.6 is 0 Å². The van der Waals surface area contributed by atoms with Gasteiger partial charge in [-0.15, -0.1) is 0 Å². The van der Waals surface area contributed by atoms with Crippen LogP contribution in [0.15, 0.2) is 42.5 Å². The quantitative estimate of drug-likeness (QED) is 0.672. The Kier molecular flexibility index (Phi) is 7.61. The van der Waals surface area contributed by atoms with Crippen molar-refractivity contribution in [3.8, 4) is 0 Å². The highest BCUT2D eigenvalue weighted by Crippen LogP contribution is 2.22. The number of nitrogens with zero attached hydrogens (tertiary/aromatic N) is 1. The highest BCUT2D eigenvalue weighted by atomic mass is 16.5. The molecule has 1 aliphatic rings. The minimum absolute atomic E-state index is 0.0113. The van der Waals surface area contributed by atoms with Crippen molar-refractivity contribution in [3.63, 3.8) is 0 Å². The van der Waals surface area contributed by atoms with Crippen LogP contribution in [0.2, 0.25) is 0 Å². The van der Waals surface area contributed by atoms with Gasteiger partial charge in [0.05, 0.1) is 6.04 Å². The van der Waals surface area contributed by atoms with Crippen molar-refractivity contribution in [3.05, 3.63) is 42.5 Å². The zero-order valence-corrected chi connectivity index (χ0v) is 17.3. The number of fused-ring (bicyclic) bond motifs is 1. The molecule has 3 rings (SSSR count). The lowest BCUT2D eigenvalue weighted by Gasteiger charge is -2.34. The van der Waals surface area contributed by atoms with Gasteiger partial charge in [-0.05, 0) is 62.2 Å². The number of carbonyl (C=O) groups excluding carboxylic acids is 2. The molecule has 0 saturated carbocycles. The van der Waals surface area contributed by atoms with E-state index < -0.39 is 0 Å². The van der Waals surface area contributed by atoms with Gasteiger partial charge in [-0.2, -0.15) is 0 Å². The normalized spacial score (nSPS) is 16.5. The molecule has 1 saturated heterocycles. The summed E-state index contributed by atoms with van der Waals surface area (Å²) in [5, 5.41) is 8.28. The number of methoxy groups -OCH3 is 1. The smallest absolute Gasteiger partial charge is 0.241 e. The summed E-state index contributed by atoms with van der Waals surface area (Å²) in [6.07, 6.45) is 2.39. The topological polar surface area (TPSA) is 70.7 Å². The highest BCUT2D eigenvalue weighted by Gasteiger charge is 2.29. The molecule has 29 heavy (non-hydrogen) atoms. The van der Waals surface area contributed by atoms with E-state index in [-0.39, 0.29) is 23.8 Å². The van der Waals surface area contributed by atoms with Crippen molar-refractivity contribution in [1.82, 2.24) is 10.2 Å². The molecular weight excluding hydrogens is 366 g/mol. The average molecular weight is 398 g/mol. The van der Waals surface area contributed by atoms with E-state index in [9.17, 15) is 9.59 Å². The fraction of sp³-hybridized carbons (Fsp3) is 0.478. The monoisotopic (exact) mass is 397 g/mol. The van der Waals surface area contributed by atoms with E-state index in [1.54, 1.807) is 7.11 Å². The molecule has 0 aliphatic carbocycles. The summed E-state index contributed by atoms with van der Waals surface area (Å²) < 4.78 is 5.00. The molecule has 156 valence electrons. The van der Waals surface area contributed by atoms with Gasteiger partial charge in [0.25, 0.3) is 0 Å². The molecule has 0 spiro atoms. The maximum atomic E-state index is 12.7. The second-order valence-corrected chi connectivity index (χ2v) is 7.67. The van der Waals surface area contributed by atoms with Gasteiger partial charge in [0.15, 0.2) is 0 Å². The number of hydrogen-bond donors (Lipinski definition) is 2. The molecule has 1 fully saturated rings. The molecule has 6 heteroatoms. The van der Waals surface area contributed by atoms with E-state index in [2.05, 4.69) is 21.6 Å². The van der Waals surface area contributed by atoms with Gasteiger partial charge in [-0.25, -0.2) is 0 Å². The van der Waals surface area contributed by atoms with E-state index in [0.717, 1.165) is 48.8 Å². The summed E-state index contributed by atoms with van der Waals surface area (Å²) in [6.45, 7) is 4.74. The van der Waals surface area contributed by atoms with Gasteiger partial charge in [-0.3, -0.25) is 14.5 Å². The number of anilines is 1. The molecule has 0 bridgehead atoms. The number of nitrogens with one attached hydrogen (secondary N) is 2. The molecule has 1 unspecified atom stereocenters. The summed E-state index contributed by atoms with van der Waals surface area (Å²) in [5.41, 5.74) is 0.811. The first-order chi connectivity index (χ1) is 14.1. The number of ether oxygens (including phenoxy) is 1. The van der Waals surface area contributed by atoms with Gasteiger partial charge >= 0.3 is 0 Å². The standard InChI is InChI=1S/C23H31N3O3/c1-17(22(27)25-21-9-8-18-6-3-4-7-20(18)16-21)26-13-10-19(11-14-26)23(28)24-12-5-15-29-2/h3-4,6-9,16-17,19H,5,10-15H2,1-2H3,(H,24,28)(H,25,27). The van der Waals surface area contributed by atoms with Crippen LogP contribution in [-0.2, 0) is 14.3 Å².